The van der Waals surface area contributed by atoms with E-state index >= 15 is 0 Å². The second kappa shape index (κ2) is 9.73. The molecule has 0 bridgehead atoms. The van der Waals surface area contributed by atoms with Crippen LogP contribution in [0, 0.1) is 0 Å². The van der Waals surface area contributed by atoms with Crippen LogP contribution in [-0.2, 0) is 32.0 Å². The molecule has 0 aliphatic rings. The number of rotatable bonds is 4. The summed E-state index contributed by atoms with van der Waals surface area (Å²) in [5.41, 5.74) is 4.91. The predicted molar refractivity (Wildman–Crippen MR) is 27.2 cm³/mol. The van der Waals surface area contributed by atoms with Gasteiger partial charge in [0, 0.05) is 12.0 Å². The molecule has 0 saturated heterocycles. The second-order valence-electron chi connectivity index (χ2n) is 1.84. The Bertz CT molecular complexity index is 154. The van der Waals surface area contributed by atoms with Crippen molar-refractivity contribution in [1.29, 1.82) is 0 Å². The van der Waals surface area contributed by atoms with Gasteiger partial charge in [0.1, 0.15) is 0 Å². The first-order valence-corrected chi connectivity index (χ1v) is 2.70. The fourth-order valence-electron chi connectivity index (χ4n) is 0.391. The molecule has 0 amide bonds. The zero-order valence-corrected chi connectivity index (χ0v) is 9.99. The summed E-state index contributed by atoms with van der Waals surface area (Å²) in [7, 11) is 0. The van der Waals surface area contributed by atoms with Gasteiger partial charge in [-0.1, -0.05) is 0 Å². The number of carbonyl (C=O) groups excluding carboxylic acids is 2. The van der Waals surface area contributed by atoms with E-state index in [1.54, 1.807) is 0 Å². The molecule has 7 heteroatoms. The van der Waals surface area contributed by atoms with E-state index in [1.165, 1.54) is 0 Å². The normalized spacial score (nSPS) is 10.4. The van der Waals surface area contributed by atoms with Crippen molar-refractivity contribution in [3.05, 3.63) is 0 Å². The van der Waals surface area contributed by atoms with Gasteiger partial charge in [-0.15, -0.1) is 0 Å². The third-order valence-corrected chi connectivity index (χ3v) is 0.962. The monoisotopic (exact) mass is 275 g/mol. The molecular formula is C5H7AgNNaO4. The quantitative estimate of drug-likeness (QED) is 0.514. The van der Waals surface area contributed by atoms with Crippen molar-refractivity contribution in [2.45, 2.75) is 18.9 Å². The van der Waals surface area contributed by atoms with E-state index < -0.39 is 18.0 Å². The van der Waals surface area contributed by atoms with Gasteiger partial charge in [-0.3, -0.25) is 0 Å². The Hall–Kier alpha value is 0.640. The average Bonchev–Trinajstić information content (AvgIpc) is 1.82. The number of hydrogen-bond acceptors (Lipinski definition) is 5. The van der Waals surface area contributed by atoms with Crippen molar-refractivity contribution in [3.63, 3.8) is 0 Å². The van der Waals surface area contributed by atoms with Crippen LogP contribution in [0.1, 0.15) is 12.8 Å². The number of hydrogen-bond donors (Lipinski definition) is 1. The van der Waals surface area contributed by atoms with Crippen molar-refractivity contribution in [1.82, 2.24) is 0 Å². The van der Waals surface area contributed by atoms with Crippen molar-refractivity contribution in [2.24, 2.45) is 5.73 Å². The number of aliphatic carboxylic acids is 2. The number of carboxylic acid groups (broad SMARTS) is 2. The summed E-state index contributed by atoms with van der Waals surface area (Å²) >= 11 is 0. The van der Waals surface area contributed by atoms with Gasteiger partial charge in [0.25, 0.3) is 0 Å². The summed E-state index contributed by atoms with van der Waals surface area (Å²) in [4.78, 5) is 19.6. The predicted octanol–water partition coefficient (Wildman–Crippen LogP) is -6.40. The van der Waals surface area contributed by atoms with Gasteiger partial charge in [0.05, 0.1) is 5.97 Å². The Morgan fingerprint density at radius 1 is 1.33 bits per heavy atom. The van der Waals surface area contributed by atoms with Crippen LogP contribution >= 0.6 is 0 Å². The van der Waals surface area contributed by atoms with E-state index in [9.17, 15) is 19.8 Å². The maximum Gasteiger partial charge on any atom is 1.00 e. The van der Waals surface area contributed by atoms with Gasteiger partial charge in [0.2, 0.25) is 0 Å². The Labute approximate surface area is 107 Å². The Morgan fingerprint density at radius 2 is 1.75 bits per heavy atom. The SMILES string of the molecule is NC(CCC(=O)[O-])C(=O)[O-].[Ag+].[Na+]. The van der Waals surface area contributed by atoms with Gasteiger partial charge in [0.15, 0.2) is 0 Å². The van der Waals surface area contributed by atoms with Gasteiger partial charge < -0.3 is 25.5 Å². The minimum atomic E-state index is -1.44. The summed E-state index contributed by atoms with van der Waals surface area (Å²) in [6.45, 7) is 0. The molecule has 0 rings (SSSR count). The van der Waals surface area contributed by atoms with Gasteiger partial charge in [-0.2, -0.15) is 0 Å². The van der Waals surface area contributed by atoms with Crippen LogP contribution in [0.2, 0.25) is 0 Å². The molecule has 0 aromatic heterocycles. The molecule has 12 heavy (non-hydrogen) atoms. The van der Waals surface area contributed by atoms with Crippen LogP contribution in [0.15, 0.2) is 0 Å². The number of carbonyl (C=O) groups is 2. The van der Waals surface area contributed by atoms with Crippen LogP contribution in [0.3, 0.4) is 0 Å². The summed E-state index contributed by atoms with van der Waals surface area (Å²) in [5.74, 6) is -2.75. The Kier molecular flexibility index (Phi) is 14.9. The standard InChI is InChI=1S/C5H9NO4.Ag.Na/c6-3(5(9)10)1-2-4(7)8;;/h3H,1-2,6H2,(H,7,8)(H,9,10);;/q;2*+1/p-2. The Balaban J connectivity index is -0.000000405. The fourth-order valence-corrected chi connectivity index (χ4v) is 0.391. The molecule has 0 fully saturated rings. The third-order valence-electron chi connectivity index (χ3n) is 0.962. The zero-order chi connectivity index (χ0) is 8.15. The number of nitrogens with two attached hydrogens (primary N) is 1. The summed E-state index contributed by atoms with van der Waals surface area (Å²) in [6.07, 6.45) is -0.500. The molecule has 0 aromatic carbocycles. The average molecular weight is 276 g/mol. The van der Waals surface area contributed by atoms with Crippen molar-refractivity contribution in [3.8, 4) is 0 Å². The van der Waals surface area contributed by atoms with Gasteiger partial charge in [-0.05, 0) is 12.8 Å². The van der Waals surface area contributed by atoms with Gasteiger partial charge >= 0.3 is 51.9 Å². The van der Waals surface area contributed by atoms with Crippen molar-refractivity contribution < 1.29 is 71.7 Å². The molecular weight excluding hydrogens is 269 g/mol. The molecule has 1 atom stereocenters. The van der Waals surface area contributed by atoms with E-state index in [-0.39, 0.29) is 64.8 Å². The molecule has 0 heterocycles. The molecule has 0 aromatic rings. The fraction of sp³-hybridized carbons (Fsp3) is 0.600. The van der Waals surface area contributed by atoms with E-state index in [1.807, 2.05) is 0 Å². The number of carboxylic acids is 2. The Morgan fingerprint density at radius 3 is 2.00 bits per heavy atom. The zero-order valence-electron chi connectivity index (χ0n) is 6.50. The van der Waals surface area contributed by atoms with Crippen LogP contribution in [0.4, 0.5) is 0 Å². The van der Waals surface area contributed by atoms with Crippen molar-refractivity contribution >= 4 is 11.9 Å². The topological polar surface area (TPSA) is 106 Å². The first-order chi connectivity index (χ1) is 4.54. The molecule has 2 N–H and O–H groups in total. The first-order valence-electron chi connectivity index (χ1n) is 2.70. The summed E-state index contributed by atoms with van der Waals surface area (Å²) in [5, 5.41) is 19.6. The van der Waals surface area contributed by atoms with E-state index in [2.05, 4.69) is 0 Å². The maximum absolute atomic E-state index is 9.86. The van der Waals surface area contributed by atoms with Crippen LogP contribution in [-0.4, -0.2) is 18.0 Å². The van der Waals surface area contributed by atoms with Crippen LogP contribution in [0.5, 0.6) is 0 Å². The summed E-state index contributed by atoms with van der Waals surface area (Å²) in [6, 6.07) is -1.21. The maximum atomic E-state index is 9.86. The first kappa shape index (κ1) is 18.4. The van der Waals surface area contributed by atoms with Gasteiger partial charge in [-0.25, -0.2) is 0 Å². The van der Waals surface area contributed by atoms with E-state index in [0.717, 1.165) is 0 Å². The van der Waals surface area contributed by atoms with Crippen molar-refractivity contribution in [2.75, 3.05) is 0 Å². The molecule has 1 unspecified atom stereocenters. The minimum absolute atomic E-state index is 0. The van der Waals surface area contributed by atoms with Crippen LogP contribution in [0.25, 0.3) is 0 Å². The molecule has 0 aliphatic heterocycles. The minimum Gasteiger partial charge on any atom is -0.550 e. The molecule has 0 radical (unpaired) electrons. The molecule has 0 aliphatic carbocycles. The third kappa shape index (κ3) is 10.6. The largest absolute Gasteiger partial charge is 1.00 e. The molecule has 0 saturated carbocycles. The molecule has 5 nitrogen and oxygen atoms in total. The summed E-state index contributed by atoms with van der Waals surface area (Å²) < 4.78 is 0. The second-order valence-corrected chi connectivity index (χ2v) is 1.84. The molecule has 68 valence electrons. The van der Waals surface area contributed by atoms with Crippen LogP contribution < -0.4 is 45.5 Å². The van der Waals surface area contributed by atoms with E-state index in [4.69, 9.17) is 5.73 Å². The smallest absolute Gasteiger partial charge is 0.550 e. The van der Waals surface area contributed by atoms with E-state index in [0.29, 0.717) is 0 Å². The molecule has 0 spiro atoms.